The van der Waals surface area contributed by atoms with Crippen molar-refractivity contribution in [2.45, 2.75) is 37.1 Å². The van der Waals surface area contributed by atoms with Gasteiger partial charge in [-0.2, -0.15) is 4.31 Å². The molecular formula is C22H27F2N3O6S2. The molecule has 1 fully saturated rings. The topological polar surface area (TPSA) is 113 Å². The van der Waals surface area contributed by atoms with Crippen molar-refractivity contribution >= 4 is 37.3 Å². The van der Waals surface area contributed by atoms with Crippen molar-refractivity contribution in [1.82, 2.24) is 4.31 Å². The first-order chi connectivity index (χ1) is 16.4. The lowest BCUT2D eigenvalue weighted by atomic mass is 10.2. The van der Waals surface area contributed by atoms with E-state index in [9.17, 15) is 30.4 Å². The summed E-state index contributed by atoms with van der Waals surface area (Å²) in [6.45, 7) is 2.05. The van der Waals surface area contributed by atoms with Crippen LogP contribution in [-0.4, -0.2) is 59.5 Å². The summed E-state index contributed by atoms with van der Waals surface area (Å²) in [7, 11) is -6.58. The van der Waals surface area contributed by atoms with E-state index in [1.807, 2.05) is 0 Å². The maximum absolute atomic E-state index is 13.8. The number of halogens is 2. The number of piperidine rings is 1. The first-order valence-corrected chi connectivity index (χ1v) is 14.1. The van der Waals surface area contributed by atoms with E-state index in [2.05, 4.69) is 5.32 Å². The summed E-state index contributed by atoms with van der Waals surface area (Å²) in [5.74, 6) is -3.13. The van der Waals surface area contributed by atoms with E-state index in [1.165, 1.54) is 36.5 Å². The molecule has 0 unspecified atom stereocenters. The number of rotatable bonds is 8. The highest BCUT2D eigenvalue weighted by Gasteiger charge is 2.31. The molecule has 1 N–H and O–H groups in total. The molecule has 3 rings (SSSR count). The average Bonchev–Trinajstić information content (AvgIpc) is 2.81. The van der Waals surface area contributed by atoms with E-state index in [1.54, 1.807) is 0 Å². The van der Waals surface area contributed by atoms with Gasteiger partial charge in [0, 0.05) is 19.2 Å². The Morgan fingerprint density at radius 2 is 1.69 bits per heavy atom. The Balaban J connectivity index is 1.93. The monoisotopic (exact) mass is 531 g/mol. The van der Waals surface area contributed by atoms with E-state index in [0.29, 0.717) is 23.5 Å². The quantitative estimate of drug-likeness (QED) is 0.561. The molecule has 192 valence electrons. The van der Waals surface area contributed by atoms with Gasteiger partial charge >= 0.3 is 0 Å². The predicted octanol–water partition coefficient (Wildman–Crippen LogP) is 2.94. The minimum Gasteiger partial charge on any atom is -0.495 e. The van der Waals surface area contributed by atoms with Crippen molar-refractivity contribution in [3.63, 3.8) is 0 Å². The SMILES string of the molecule is COc1ccc(S(=O)(=O)N2CCCCC2)cc1NC(=O)[C@@H](C)N(c1ccc(F)c(F)c1)S(C)(=O)=O. The van der Waals surface area contributed by atoms with Crippen LogP contribution in [0.15, 0.2) is 41.3 Å². The summed E-state index contributed by atoms with van der Waals surface area (Å²) < 4.78 is 85.4. The molecule has 1 saturated heterocycles. The van der Waals surface area contributed by atoms with Crippen molar-refractivity contribution < 1.29 is 35.1 Å². The molecule has 0 spiro atoms. The molecule has 0 radical (unpaired) electrons. The Morgan fingerprint density at radius 1 is 1.03 bits per heavy atom. The average molecular weight is 532 g/mol. The number of nitrogens with one attached hydrogen (secondary N) is 1. The van der Waals surface area contributed by atoms with Gasteiger partial charge in [0.05, 0.1) is 29.6 Å². The minimum atomic E-state index is -4.10. The molecule has 0 bridgehead atoms. The third-order valence-electron chi connectivity index (χ3n) is 5.63. The number of methoxy groups -OCH3 is 1. The molecular weight excluding hydrogens is 504 g/mol. The maximum Gasteiger partial charge on any atom is 0.248 e. The zero-order chi connectivity index (χ0) is 26.0. The number of hydrogen-bond acceptors (Lipinski definition) is 6. The van der Waals surface area contributed by atoms with Crippen LogP contribution in [0.1, 0.15) is 26.2 Å². The lowest BCUT2D eigenvalue weighted by Gasteiger charge is -2.28. The fraction of sp³-hybridized carbons (Fsp3) is 0.409. The summed E-state index contributed by atoms with van der Waals surface area (Å²) in [4.78, 5) is 13.0. The van der Waals surface area contributed by atoms with Gasteiger partial charge in [0.15, 0.2) is 11.6 Å². The van der Waals surface area contributed by atoms with Gasteiger partial charge in [0.2, 0.25) is 26.0 Å². The maximum atomic E-state index is 13.8. The summed E-state index contributed by atoms with van der Waals surface area (Å²) in [6, 6.07) is 5.07. The van der Waals surface area contributed by atoms with Crippen LogP contribution in [0.5, 0.6) is 5.75 Å². The van der Waals surface area contributed by atoms with Crippen molar-refractivity contribution in [3.05, 3.63) is 48.0 Å². The summed E-state index contributed by atoms with van der Waals surface area (Å²) in [6.07, 6.45) is 3.27. The minimum absolute atomic E-state index is 0.0150. The molecule has 1 atom stereocenters. The van der Waals surface area contributed by atoms with Gasteiger partial charge in [-0.25, -0.2) is 25.6 Å². The van der Waals surface area contributed by atoms with Gasteiger partial charge in [-0.3, -0.25) is 9.10 Å². The highest BCUT2D eigenvalue weighted by molar-refractivity contribution is 7.92. The molecule has 0 saturated carbocycles. The molecule has 0 aromatic heterocycles. The molecule has 13 heteroatoms. The standard InChI is InChI=1S/C22H27F2N3O6S2/c1-15(27(34(3,29)30)16-7-9-18(23)19(24)13-16)22(28)25-20-14-17(8-10-21(20)33-2)35(31,32)26-11-5-4-6-12-26/h7-10,13-15H,4-6,11-12H2,1-3H3,(H,25,28)/t15-/m1/s1. The lowest BCUT2D eigenvalue weighted by molar-refractivity contribution is -0.116. The second-order valence-electron chi connectivity index (χ2n) is 8.15. The smallest absolute Gasteiger partial charge is 0.248 e. The summed E-state index contributed by atoms with van der Waals surface area (Å²) in [5, 5.41) is 2.50. The first-order valence-electron chi connectivity index (χ1n) is 10.8. The molecule has 1 amide bonds. The van der Waals surface area contributed by atoms with E-state index >= 15 is 0 Å². The van der Waals surface area contributed by atoms with E-state index < -0.39 is 43.6 Å². The Bertz CT molecular complexity index is 1310. The van der Waals surface area contributed by atoms with Crippen LogP contribution < -0.4 is 14.4 Å². The summed E-state index contributed by atoms with van der Waals surface area (Å²) >= 11 is 0. The van der Waals surface area contributed by atoms with Gasteiger partial charge < -0.3 is 10.1 Å². The number of hydrogen-bond donors (Lipinski definition) is 1. The van der Waals surface area contributed by atoms with Gasteiger partial charge in [-0.05, 0) is 50.1 Å². The second kappa shape index (κ2) is 10.5. The zero-order valence-electron chi connectivity index (χ0n) is 19.5. The highest BCUT2D eigenvalue weighted by Crippen LogP contribution is 2.31. The van der Waals surface area contributed by atoms with Gasteiger partial charge in [0.1, 0.15) is 11.8 Å². The number of ether oxygens (including phenoxy) is 1. The third kappa shape index (κ3) is 5.90. The van der Waals surface area contributed by atoms with Gasteiger partial charge in [-0.15, -0.1) is 0 Å². The van der Waals surface area contributed by atoms with Crippen LogP contribution in [0.3, 0.4) is 0 Å². The number of carbonyl (C=O) groups excluding carboxylic acids is 1. The first kappa shape index (κ1) is 26.8. The largest absolute Gasteiger partial charge is 0.495 e. The highest BCUT2D eigenvalue weighted by atomic mass is 32.2. The number of benzene rings is 2. The van der Waals surface area contributed by atoms with Crippen molar-refractivity contribution in [1.29, 1.82) is 0 Å². The van der Waals surface area contributed by atoms with Crippen molar-refractivity contribution in [3.8, 4) is 5.75 Å². The van der Waals surface area contributed by atoms with Crippen LogP contribution in [0.4, 0.5) is 20.2 Å². The molecule has 9 nitrogen and oxygen atoms in total. The molecule has 1 aliphatic rings. The number of carbonyl (C=O) groups is 1. The Hall–Kier alpha value is -2.77. The fourth-order valence-electron chi connectivity index (χ4n) is 3.87. The van der Waals surface area contributed by atoms with Crippen LogP contribution in [0.25, 0.3) is 0 Å². The van der Waals surface area contributed by atoms with Crippen LogP contribution in [0.2, 0.25) is 0 Å². The number of sulfonamides is 2. The van der Waals surface area contributed by atoms with Gasteiger partial charge in [-0.1, -0.05) is 6.42 Å². The molecule has 35 heavy (non-hydrogen) atoms. The molecule has 2 aromatic carbocycles. The molecule has 2 aromatic rings. The van der Waals surface area contributed by atoms with Crippen LogP contribution in [0, 0.1) is 11.6 Å². The fourth-order valence-corrected chi connectivity index (χ4v) is 6.58. The molecule has 1 aliphatic heterocycles. The molecule has 1 heterocycles. The Labute approximate surface area is 203 Å². The number of nitrogens with zero attached hydrogens (tertiary/aromatic N) is 2. The van der Waals surface area contributed by atoms with E-state index in [0.717, 1.165) is 37.7 Å². The zero-order valence-corrected chi connectivity index (χ0v) is 21.1. The molecule has 0 aliphatic carbocycles. The summed E-state index contributed by atoms with van der Waals surface area (Å²) in [5.41, 5.74) is -0.233. The predicted molar refractivity (Wildman–Crippen MR) is 127 cm³/mol. The number of anilines is 2. The normalized spacial score (nSPS) is 15.9. The third-order valence-corrected chi connectivity index (χ3v) is 8.76. The Morgan fingerprint density at radius 3 is 2.26 bits per heavy atom. The van der Waals surface area contributed by atoms with E-state index in [-0.39, 0.29) is 22.0 Å². The number of amides is 1. The second-order valence-corrected chi connectivity index (χ2v) is 11.9. The van der Waals surface area contributed by atoms with Crippen LogP contribution in [-0.2, 0) is 24.8 Å². The van der Waals surface area contributed by atoms with Crippen molar-refractivity contribution in [2.24, 2.45) is 0 Å². The van der Waals surface area contributed by atoms with Crippen LogP contribution >= 0.6 is 0 Å². The Kier molecular flexibility index (Phi) is 8.02. The van der Waals surface area contributed by atoms with Crippen molar-refractivity contribution in [2.75, 3.05) is 36.1 Å². The van der Waals surface area contributed by atoms with E-state index in [4.69, 9.17) is 4.74 Å². The lowest BCUT2D eigenvalue weighted by Crippen LogP contribution is -2.45. The van der Waals surface area contributed by atoms with Gasteiger partial charge in [0.25, 0.3) is 0 Å².